The summed E-state index contributed by atoms with van der Waals surface area (Å²) in [5, 5.41) is 10.0. The van der Waals surface area contributed by atoms with E-state index >= 15 is 0 Å². The lowest BCUT2D eigenvalue weighted by atomic mass is 10.1. The van der Waals surface area contributed by atoms with Gasteiger partial charge in [-0.15, -0.1) is 0 Å². The Morgan fingerprint density at radius 1 is 0.698 bits per heavy atom. The number of phosphoric ester groups is 1. The predicted molar refractivity (Wildman–Crippen MR) is 216 cm³/mol. The van der Waals surface area contributed by atoms with Crippen LogP contribution < -0.4 is 0 Å². The second kappa shape index (κ2) is 33.9. The van der Waals surface area contributed by atoms with Crippen LogP contribution in [-0.4, -0.2) is 86.1 Å². The van der Waals surface area contributed by atoms with Gasteiger partial charge in [-0.2, -0.15) is 0 Å². The molecule has 0 aromatic heterocycles. The molecule has 53 heavy (non-hydrogen) atoms. The second-order valence-electron chi connectivity index (χ2n) is 14.1. The minimum atomic E-state index is -4.41. The van der Waals surface area contributed by atoms with E-state index in [1.165, 1.54) is 12.8 Å². The average Bonchev–Trinajstić information content (AvgIpc) is 3.10. The monoisotopic (exact) mass is 767 g/mol. The molecule has 0 aromatic rings. The molecule has 0 aliphatic heterocycles. The first kappa shape index (κ1) is 50.4. The molecule has 0 saturated carbocycles. The molecule has 0 aliphatic carbocycles. The van der Waals surface area contributed by atoms with E-state index in [0.717, 1.165) is 51.4 Å². The smallest absolute Gasteiger partial charge is 0.462 e. The average molecular weight is 767 g/mol. The van der Waals surface area contributed by atoms with E-state index in [2.05, 4.69) is 38.2 Å². The number of unbranched alkanes of at least 4 members (excludes halogenated alkanes) is 8. The number of aliphatic hydroxyl groups is 1. The van der Waals surface area contributed by atoms with Gasteiger partial charge in [-0.3, -0.25) is 18.6 Å². The predicted octanol–water partition coefficient (Wildman–Crippen LogP) is 9.65. The summed E-state index contributed by atoms with van der Waals surface area (Å²) in [7, 11) is 1.38. The SMILES string of the molecule is CC/C=C\C/C=C\CC(O)/C=C/C=C\C/C=C\CCCC(=O)O[C@H](COC(=O)CCCCCCC/C=C\CCCC)COP(=O)(O)OCC[N+](C)(C)C. The number of esters is 2. The molecule has 0 spiro atoms. The van der Waals surface area contributed by atoms with Crippen LogP contribution in [0.4, 0.5) is 0 Å². The van der Waals surface area contributed by atoms with Crippen LogP contribution in [-0.2, 0) is 32.7 Å². The first-order valence-corrected chi connectivity index (χ1v) is 21.3. The molecular weight excluding hydrogens is 693 g/mol. The minimum Gasteiger partial charge on any atom is -0.462 e. The fourth-order valence-corrected chi connectivity index (χ4v) is 5.38. The lowest BCUT2D eigenvalue weighted by Gasteiger charge is -2.24. The van der Waals surface area contributed by atoms with Gasteiger partial charge in [0.05, 0.1) is 33.9 Å². The molecule has 0 aliphatic rings. The summed E-state index contributed by atoms with van der Waals surface area (Å²) in [4.78, 5) is 35.2. The molecule has 304 valence electrons. The van der Waals surface area contributed by atoms with Crippen molar-refractivity contribution < 1.29 is 47.2 Å². The van der Waals surface area contributed by atoms with Gasteiger partial charge in [-0.05, 0) is 64.2 Å². The van der Waals surface area contributed by atoms with Crippen LogP contribution in [0.2, 0.25) is 0 Å². The fourth-order valence-electron chi connectivity index (χ4n) is 4.64. The van der Waals surface area contributed by atoms with Gasteiger partial charge >= 0.3 is 19.8 Å². The second-order valence-corrected chi connectivity index (χ2v) is 15.6. The highest BCUT2D eigenvalue weighted by Gasteiger charge is 2.27. The van der Waals surface area contributed by atoms with E-state index in [1.54, 1.807) is 6.08 Å². The third-order valence-corrected chi connectivity index (χ3v) is 8.79. The molecule has 0 bridgehead atoms. The molecule has 0 rings (SSSR count). The summed E-state index contributed by atoms with van der Waals surface area (Å²) in [6, 6.07) is 0. The van der Waals surface area contributed by atoms with Crippen molar-refractivity contribution >= 4 is 19.8 Å². The molecule has 11 heteroatoms. The van der Waals surface area contributed by atoms with Crippen molar-refractivity contribution in [3.05, 3.63) is 72.9 Å². The molecular formula is C42H73NO9P+. The normalized spacial score (nSPS) is 15.1. The molecule has 0 amide bonds. The van der Waals surface area contributed by atoms with Crippen molar-refractivity contribution in [3.8, 4) is 0 Å². The van der Waals surface area contributed by atoms with E-state index in [1.807, 2.05) is 63.7 Å². The highest BCUT2D eigenvalue weighted by atomic mass is 31.2. The summed E-state index contributed by atoms with van der Waals surface area (Å²) < 4.78 is 34.0. The van der Waals surface area contributed by atoms with Crippen LogP contribution in [0.3, 0.4) is 0 Å². The Bertz CT molecular complexity index is 1150. The molecule has 0 heterocycles. The van der Waals surface area contributed by atoms with Crippen LogP contribution in [0.1, 0.15) is 123 Å². The topological polar surface area (TPSA) is 129 Å². The van der Waals surface area contributed by atoms with Crippen molar-refractivity contribution in [1.29, 1.82) is 0 Å². The minimum absolute atomic E-state index is 0.00492. The Morgan fingerprint density at radius 2 is 1.32 bits per heavy atom. The van der Waals surface area contributed by atoms with E-state index in [4.69, 9.17) is 18.5 Å². The van der Waals surface area contributed by atoms with E-state index in [9.17, 15) is 24.2 Å². The number of nitrogens with zero attached hydrogens (tertiary/aromatic N) is 1. The number of rotatable bonds is 34. The molecule has 2 N–H and O–H groups in total. The van der Waals surface area contributed by atoms with Gasteiger partial charge in [0.15, 0.2) is 6.10 Å². The fraction of sp³-hybridized carbons (Fsp3) is 0.667. The van der Waals surface area contributed by atoms with Crippen LogP contribution in [0, 0.1) is 0 Å². The largest absolute Gasteiger partial charge is 0.472 e. The zero-order valence-corrected chi connectivity index (χ0v) is 34.5. The lowest BCUT2D eigenvalue weighted by Crippen LogP contribution is -2.37. The third kappa shape index (κ3) is 37.5. The van der Waals surface area contributed by atoms with Crippen LogP contribution in [0.5, 0.6) is 0 Å². The highest BCUT2D eigenvalue weighted by molar-refractivity contribution is 7.47. The molecule has 0 saturated heterocycles. The van der Waals surface area contributed by atoms with Gasteiger partial charge in [0.1, 0.15) is 19.8 Å². The summed E-state index contributed by atoms with van der Waals surface area (Å²) in [6.07, 6.45) is 37.1. The van der Waals surface area contributed by atoms with Crippen molar-refractivity contribution in [1.82, 2.24) is 0 Å². The zero-order valence-electron chi connectivity index (χ0n) is 33.6. The summed E-state index contributed by atoms with van der Waals surface area (Å²) in [5.41, 5.74) is 0. The number of hydrogen-bond acceptors (Lipinski definition) is 8. The van der Waals surface area contributed by atoms with E-state index in [0.29, 0.717) is 43.1 Å². The van der Waals surface area contributed by atoms with Crippen LogP contribution in [0.15, 0.2) is 72.9 Å². The summed E-state index contributed by atoms with van der Waals surface area (Å²) >= 11 is 0. The number of hydrogen-bond donors (Lipinski definition) is 2. The summed E-state index contributed by atoms with van der Waals surface area (Å²) in [5.74, 6) is -0.928. The summed E-state index contributed by atoms with van der Waals surface area (Å²) in [6.45, 7) is 4.06. The number of carbonyl (C=O) groups is 2. The molecule has 2 unspecified atom stereocenters. The van der Waals surface area contributed by atoms with Crippen molar-refractivity contribution in [2.75, 3.05) is 47.5 Å². The first-order valence-electron chi connectivity index (χ1n) is 19.8. The molecule has 3 atom stereocenters. The Kier molecular flexibility index (Phi) is 32.3. The van der Waals surface area contributed by atoms with Gasteiger partial charge in [0.2, 0.25) is 0 Å². The number of carbonyl (C=O) groups excluding carboxylic acids is 2. The number of ether oxygens (including phenoxy) is 2. The number of allylic oxidation sites excluding steroid dienone is 10. The Balaban J connectivity index is 4.63. The maximum absolute atomic E-state index is 12.6. The Hall–Kier alpha value is -2.59. The molecule has 10 nitrogen and oxygen atoms in total. The molecule has 0 aromatic carbocycles. The maximum atomic E-state index is 12.6. The highest BCUT2D eigenvalue weighted by Crippen LogP contribution is 2.43. The van der Waals surface area contributed by atoms with E-state index in [-0.39, 0.29) is 26.1 Å². The quantitative estimate of drug-likeness (QED) is 0.0164. The first-order chi connectivity index (χ1) is 25.4. The number of likely N-dealkylation sites (N-methyl/N-ethyl adjacent to an activating group) is 1. The Morgan fingerprint density at radius 3 is 2.06 bits per heavy atom. The molecule has 0 radical (unpaired) electrons. The maximum Gasteiger partial charge on any atom is 0.472 e. The Labute approximate surface area is 321 Å². The van der Waals surface area contributed by atoms with Gasteiger partial charge in [-0.25, -0.2) is 4.57 Å². The lowest BCUT2D eigenvalue weighted by molar-refractivity contribution is -0.870. The number of aliphatic hydroxyl groups excluding tert-OH is 1. The van der Waals surface area contributed by atoms with Crippen LogP contribution in [0.25, 0.3) is 0 Å². The third-order valence-electron chi connectivity index (χ3n) is 7.80. The van der Waals surface area contributed by atoms with Gasteiger partial charge in [0.25, 0.3) is 0 Å². The van der Waals surface area contributed by atoms with Crippen molar-refractivity contribution in [2.24, 2.45) is 0 Å². The van der Waals surface area contributed by atoms with Crippen molar-refractivity contribution in [2.45, 2.75) is 135 Å². The number of quaternary nitrogens is 1. The molecule has 0 fully saturated rings. The van der Waals surface area contributed by atoms with Crippen molar-refractivity contribution in [3.63, 3.8) is 0 Å². The van der Waals surface area contributed by atoms with Crippen LogP contribution >= 0.6 is 7.82 Å². The van der Waals surface area contributed by atoms with Gasteiger partial charge < -0.3 is 24.0 Å². The van der Waals surface area contributed by atoms with E-state index < -0.39 is 38.6 Å². The standard InChI is InChI=1S/C42H72NO9P/c1-6-8-10-12-14-15-16-17-21-25-29-33-41(45)49-37-40(38-51-53(47,48)50-36-35-43(3,4)5)52-42(46)34-30-26-22-19-18-20-24-28-32-39(44)31-27-23-13-11-9-7-2/h9,11-12,14,19-20,22-24,27-28,32,39-40,44H,6-8,10,13,15-18,21,25-26,29-31,33-38H2,1-5H3/p+1/b11-9-,14-12-,22-19-,24-20-,27-23-,32-28+/t39?,40-/m1/s1. The number of phosphoric acid groups is 1. The van der Waals surface area contributed by atoms with Gasteiger partial charge in [-0.1, -0.05) is 119 Å². The zero-order chi connectivity index (χ0) is 39.5. The van der Waals surface area contributed by atoms with Gasteiger partial charge in [0, 0.05) is 12.8 Å².